The second-order valence-electron chi connectivity index (χ2n) is 6.22. The minimum Gasteiger partial charge on any atom is -0.348 e. The van der Waals surface area contributed by atoms with Gasteiger partial charge in [-0.2, -0.15) is 4.31 Å². The van der Waals surface area contributed by atoms with Crippen LogP contribution in [0.5, 0.6) is 0 Å². The van der Waals surface area contributed by atoms with Gasteiger partial charge in [0, 0.05) is 27.2 Å². The van der Waals surface area contributed by atoms with Crippen LogP contribution in [0.25, 0.3) is 0 Å². The molecule has 1 heterocycles. The summed E-state index contributed by atoms with van der Waals surface area (Å²) < 4.78 is 26.8. The highest BCUT2D eigenvalue weighted by Crippen LogP contribution is 2.27. The van der Waals surface area contributed by atoms with Gasteiger partial charge in [-0.15, -0.1) is 0 Å². The lowest BCUT2D eigenvalue weighted by Gasteiger charge is -2.31. The van der Waals surface area contributed by atoms with Crippen LogP contribution >= 0.6 is 0 Å². The molecular weight excluding hydrogens is 300 g/mol. The number of sulfonamides is 1. The molecule has 1 aliphatic rings. The van der Waals surface area contributed by atoms with Crippen molar-refractivity contribution in [3.8, 4) is 0 Å². The average molecular weight is 324 g/mol. The minimum atomic E-state index is -3.63. The number of carbonyl (C=O) groups excluding carboxylic acids is 1. The molecule has 1 aromatic carbocycles. The fraction of sp³-hybridized carbons (Fsp3) is 0.562. The van der Waals surface area contributed by atoms with Gasteiger partial charge in [-0.3, -0.25) is 4.79 Å². The maximum atomic E-state index is 12.7. The normalized spacial score (nSPS) is 17.0. The van der Waals surface area contributed by atoms with Gasteiger partial charge < -0.3 is 4.90 Å². The van der Waals surface area contributed by atoms with E-state index in [0.717, 1.165) is 11.1 Å². The molecule has 0 aromatic heterocycles. The Kier molecular flexibility index (Phi) is 4.63. The molecule has 2 rings (SSSR count). The summed E-state index contributed by atoms with van der Waals surface area (Å²) in [4.78, 5) is 13.3. The van der Waals surface area contributed by atoms with Gasteiger partial charge >= 0.3 is 0 Å². The number of benzene rings is 1. The Balaban J connectivity index is 2.30. The van der Waals surface area contributed by atoms with Crippen LogP contribution in [0.3, 0.4) is 0 Å². The van der Waals surface area contributed by atoms with E-state index in [9.17, 15) is 13.2 Å². The number of nitrogens with zero attached hydrogens (tertiary/aromatic N) is 2. The number of amides is 1. The molecule has 122 valence electrons. The van der Waals surface area contributed by atoms with E-state index in [-0.39, 0.29) is 5.91 Å². The fourth-order valence-electron chi connectivity index (χ4n) is 2.97. The molecule has 5 nitrogen and oxygen atoms in total. The van der Waals surface area contributed by atoms with Crippen LogP contribution in [0, 0.1) is 13.8 Å². The van der Waals surface area contributed by atoms with Crippen LogP contribution in [-0.2, 0) is 27.8 Å². The van der Waals surface area contributed by atoms with Crippen LogP contribution in [-0.4, -0.2) is 49.4 Å². The number of fused-ring (bicyclic) bond motifs is 1. The summed E-state index contributed by atoms with van der Waals surface area (Å²) in [6.45, 7) is 6.32. The van der Waals surface area contributed by atoms with Gasteiger partial charge in [0.05, 0.1) is 0 Å². The van der Waals surface area contributed by atoms with Gasteiger partial charge in [0.15, 0.2) is 5.25 Å². The third-order valence-electron chi connectivity index (χ3n) is 4.27. The van der Waals surface area contributed by atoms with E-state index >= 15 is 0 Å². The van der Waals surface area contributed by atoms with E-state index in [0.29, 0.717) is 19.5 Å². The Morgan fingerprint density at radius 1 is 1.27 bits per heavy atom. The summed E-state index contributed by atoms with van der Waals surface area (Å²) in [5, 5.41) is -1.05. The van der Waals surface area contributed by atoms with Crippen molar-refractivity contribution in [3.05, 3.63) is 34.4 Å². The molecule has 0 saturated carbocycles. The molecular formula is C16H24N2O3S. The van der Waals surface area contributed by atoms with Gasteiger partial charge in [0.2, 0.25) is 15.9 Å². The topological polar surface area (TPSA) is 57.7 Å². The Bertz CT molecular complexity index is 696. The van der Waals surface area contributed by atoms with Crippen molar-refractivity contribution < 1.29 is 13.2 Å². The molecule has 1 amide bonds. The first kappa shape index (κ1) is 17.0. The molecule has 0 aliphatic carbocycles. The third-order valence-corrected chi connectivity index (χ3v) is 6.40. The van der Waals surface area contributed by atoms with Crippen LogP contribution in [0.4, 0.5) is 0 Å². The number of aryl methyl sites for hydroxylation is 2. The van der Waals surface area contributed by atoms with E-state index in [1.165, 1.54) is 27.3 Å². The predicted octanol–water partition coefficient (Wildman–Crippen LogP) is 1.47. The van der Waals surface area contributed by atoms with E-state index in [1.807, 2.05) is 13.8 Å². The second-order valence-corrected chi connectivity index (χ2v) is 8.48. The maximum absolute atomic E-state index is 12.7. The van der Waals surface area contributed by atoms with Crippen molar-refractivity contribution >= 4 is 15.9 Å². The van der Waals surface area contributed by atoms with Crippen molar-refractivity contribution in [1.29, 1.82) is 0 Å². The molecule has 1 aliphatic heterocycles. The van der Waals surface area contributed by atoms with Crippen molar-refractivity contribution in [1.82, 2.24) is 9.21 Å². The molecule has 0 bridgehead atoms. The lowest BCUT2D eigenvalue weighted by atomic mass is 9.94. The summed E-state index contributed by atoms with van der Waals surface area (Å²) in [5.74, 6) is -0.383. The number of carbonyl (C=O) groups is 1. The summed E-state index contributed by atoms with van der Waals surface area (Å²) in [6, 6.07) is 4.20. The van der Waals surface area contributed by atoms with E-state index in [1.54, 1.807) is 14.1 Å². The monoisotopic (exact) mass is 324 g/mol. The Labute approximate surface area is 133 Å². The first-order chi connectivity index (χ1) is 10.1. The molecule has 0 saturated heterocycles. The van der Waals surface area contributed by atoms with Crippen molar-refractivity contribution in [3.63, 3.8) is 0 Å². The van der Waals surface area contributed by atoms with Gasteiger partial charge in [0.25, 0.3) is 0 Å². The van der Waals surface area contributed by atoms with E-state index < -0.39 is 15.3 Å². The first-order valence-corrected chi connectivity index (χ1v) is 8.94. The largest absolute Gasteiger partial charge is 0.348 e. The molecule has 0 fully saturated rings. The highest BCUT2D eigenvalue weighted by Gasteiger charge is 2.36. The number of hydrogen-bond donors (Lipinski definition) is 0. The van der Waals surface area contributed by atoms with Gasteiger partial charge in [-0.1, -0.05) is 17.7 Å². The smallest absolute Gasteiger partial charge is 0.241 e. The van der Waals surface area contributed by atoms with Crippen LogP contribution in [0.15, 0.2) is 12.1 Å². The number of hydrogen-bond acceptors (Lipinski definition) is 3. The molecule has 0 unspecified atom stereocenters. The molecule has 1 atom stereocenters. The highest BCUT2D eigenvalue weighted by molar-refractivity contribution is 7.90. The van der Waals surface area contributed by atoms with E-state index in [4.69, 9.17) is 0 Å². The fourth-order valence-corrected chi connectivity index (χ4v) is 4.53. The summed E-state index contributed by atoms with van der Waals surface area (Å²) in [7, 11) is -0.481. The van der Waals surface area contributed by atoms with Crippen molar-refractivity contribution in [2.45, 2.75) is 39.0 Å². The molecule has 6 heteroatoms. The molecule has 0 spiro atoms. The average Bonchev–Trinajstić information content (AvgIpc) is 2.44. The Morgan fingerprint density at radius 2 is 1.91 bits per heavy atom. The zero-order valence-corrected chi connectivity index (χ0v) is 14.7. The van der Waals surface area contributed by atoms with Gasteiger partial charge in [0.1, 0.15) is 0 Å². The molecule has 1 aromatic rings. The van der Waals surface area contributed by atoms with E-state index in [2.05, 4.69) is 12.1 Å². The van der Waals surface area contributed by atoms with Gasteiger partial charge in [-0.05, 0) is 43.9 Å². The highest BCUT2D eigenvalue weighted by atomic mass is 32.2. The molecule has 0 N–H and O–H groups in total. The van der Waals surface area contributed by atoms with Crippen molar-refractivity contribution in [2.24, 2.45) is 0 Å². The lowest BCUT2D eigenvalue weighted by Crippen LogP contribution is -2.46. The Hall–Kier alpha value is -1.40. The minimum absolute atomic E-state index is 0.356. The van der Waals surface area contributed by atoms with Crippen LogP contribution < -0.4 is 0 Å². The zero-order chi connectivity index (χ0) is 16.7. The quantitative estimate of drug-likeness (QED) is 0.846. The summed E-state index contributed by atoms with van der Waals surface area (Å²) >= 11 is 0. The Morgan fingerprint density at radius 3 is 2.50 bits per heavy atom. The van der Waals surface area contributed by atoms with Gasteiger partial charge in [-0.25, -0.2) is 8.42 Å². The molecule has 0 radical (unpaired) electrons. The standard InChI is InChI=1S/C16H24N2O3S/c1-11-8-12(2)15-10-18(7-6-14(15)9-11)22(20,21)13(3)16(19)17(4)5/h8-9,13H,6-7,10H2,1-5H3/t13-/m0/s1. The van der Waals surface area contributed by atoms with Crippen molar-refractivity contribution in [2.75, 3.05) is 20.6 Å². The predicted molar refractivity (Wildman–Crippen MR) is 87.1 cm³/mol. The first-order valence-electron chi connectivity index (χ1n) is 7.43. The molecule has 22 heavy (non-hydrogen) atoms. The number of rotatable bonds is 3. The second kappa shape index (κ2) is 6.01. The third kappa shape index (κ3) is 3.03. The lowest BCUT2D eigenvalue weighted by molar-refractivity contribution is -0.128. The zero-order valence-electron chi connectivity index (χ0n) is 13.9. The van der Waals surface area contributed by atoms with Crippen LogP contribution in [0.1, 0.15) is 29.2 Å². The summed E-state index contributed by atoms with van der Waals surface area (Å²) in [6.07, 6.45) is 0.694. The summed E-state index contributed by atoms with van der Waals surface area (Å²) in [5.41, 5.74) is 4.60. The maximum Gasteiger partial charge on any atom is 0.241 e. The SMILES string of the molecule is Cc1cc(C)c2c(c1)CCN(S(=O)(=O)[C@@H](C)C(=O)N(C)C)C2. The van der Waals surface area contributed by atoms with Crippen LogP contribution in [0.2, 0.25) is 0 Å².